The van der Waals surface area contributed by atoms with Crippen molar-refractivity contribution < 1.29 is 9.90 Å². The van der Waals surface area contributed by atoms with E-state index in [2.05, 4.69) is 6.58 Å². The number of nitrogens with one attached hydrogen (secondary N) is 1. The Morgan fingerprint density at radius 1 is 1.29 bits per heavy atom. The van der Waals surface area contributed by atoms with E-state index in [-0.39, 0.29) is 5.71 Å². The Bertz CT molecular complexity index is 286. The average Bonchev–Trinajstić information content (AvgIpc) is 1.98. The quantitative estimate of drug-likeness (QED) is 0.683. The second-order valence-electron chi connectivity index (χ2n) is 4.78. The summed E-state index contributed by atoms with van der Waals surface area (Å²) in [5, 5.41) is 16.7. The highest BCUT2D eigenvalue weighted by molar-refractivity contribution is 6.02. The van der Waals surface area contributed by atoms with Crippen LogP contribution in [0.25, 0.3) is 0 Å². The minimum absolute atomic E-state index is 0.227. The first-order valence-electron chi connectivity index (χ1n) is 4.53. The molecule has 0 aliphatic carbocycles. The van der Waals surface area contributed by atoms with Crippen molar-refractivity contribution in [2.24, 2.45) is 10.8 Å². The summed E-state index contributed by atoms with van der Waals surface area (Å²) in [6, 6.07) is 0. The van der Waals surface area contributed by atoms with Crippen LogP contribution in [-0.4, -0.2) is 16.8 Å². The monoisotopic (exact) mass is 197 g/mol. The van der Waals surface area contributed by atoms with Gasteiger partial charge in [-0.2, -0.15) is 0 Å². The van der Waals surface area contributed by atoms with E-state index < -0.39 is 16.8 Å². The molecule has 1 atom stereocenters. The van der Waals surface area contributed by atoms with E-state index in [9.17, 15) is 9.90 Å². The van der Waals surface area contributed by atoms with Crippen molar-refractivity contribution >= 4 is 11.7 Å². The molecule has 0 amide bonds. The third kappa shape index (κ3) is 1.86. The molecule has 0 bridgehead atoms. The summed E-state index contributed by atoms with van der Waals surface area (Å²) >= 11 is 0. The number of carbonyl (C=O) groups is 1. The summed E-state index contributed by atoms with van der Waals surface area (Å²) in [6.45, 7) is 12.4. The second kappa shape index (κ2) is 3.56. The molecule has 0 radical (unpaired) electrons. The molecule has 0 heterocycles. The largest absolute Gasteiger partial charge is 0.481 e. The van der Waals surface area contributed by atoms with Crippen molar-refractivity contribution in [2.75, 3.05) is 0 Å². The predicted molar refractivity (Wildman–Crippen MR) is 57.7 cm³/mol. The molecule has 2 N–H and O–H groups in total. The van der Waals surface area contributed by atoms with Crippen LogP contribution in [0.5, 0.6) is 0 Å². The van der Waals surface area contributed by atoms with Crippen LogP contribution in [0, 0.1) is 16.2 Å². The molecule has 0 saturated carbocycles. The molecule has 0 aromatic heterocycles. The molecule has 1 unspecified atom stereocenters. The van der Waals surface area contributed by atoms with Crippen LogP contribution in [0.1, 0.15) is 34.6 Å². The molecule has 0 spiro atoms. The molecule has 0 saturated heterocycles. The lowest BCUT2D eigenvalue weighted by Crippen LogP contribution is -2.43. The zero-order valence-corrected chi connectivity index (χ0v) is 9.56. The van der Waals surface area contributed by atoms with Crippen molar-refractivity contribution in [1.82, 2.24) is 0 Å². The van der Waals surface area contributed by atoms with E-state index in [0.29, 0.717) is 5.57 Å². The first-order chi connectivity index (χ1) is 6.05. The third-order valence-corrected chi connectivity index (χ3v) is 2.98. The topological polar surface area (TPSA) is 61.2 Å². The fourth-order valence-electron chi connectivity index (χ4n) is 1.28. The Balaban J connectivity index is 5.45. The highest BCUT2D eigenvalue weighted by Gasteiger charge is 2.47. The third-order valence-electron chi connectivity index (χ3n) is 2.98. The zero-order valence-electron chi connectivity index (χ0n) is 9.56. The lowest BCUT2D eigenvalue weighted by molar-refractivity contribution is -0.150. The van der Waals surface area contributed by atoms with Crippen molar-refractivity contribution in [3.05, 3.63) is 12.2 Å². The van der Waals surface area contributed by atoms with Crippen LogP contribution in [-0.2, 0) is 4.79 Å². The maximum Gasteiger partial charge on any atom is 0.314 e. The fourth-order valence-corrected chi connectivity index (χ4v) is 1.28. The Kier molecular flexibility index (Phi) is 3.27. The molecule has 0 aromatic carbocycles. The molecule has 3 heteroatoms. The number of hydrogen-bond acceptors (Lipinski definition) is 2. The molecule has 0 aliphatic rings. The zero-order chi connectivity index (χ0) is 11.7. The van der Waals surface area contributed by atoms with Crippen molar-refractivity contribution in [3.63, 3.8) is 0 Å². The number of hydrogen-bond donors (Lipinski definition) is 2. The fraction of sp³-hybridized carbons (Fsp3) is 0.636. The maximum absolute atomic E-state index is 11.3. The van der Waals surface area contributed by atoms with Crippen LogP contribution >= 0.6 is 0 Å². The van der Waals surface area contributed by atoms with Gasteiger partial charge in [-0.3, -0.25) is 4.79 Å². The second-order valence-corrected chi connectivity index (χ2v) is 4.78. The van der Waals surface area contributed by atoms with Gasteiger partial charge in [0.1, 0.15) is 0 Å². The van der Waals surface area contributed by atoms with Crippen LogP contribution in [0.2, 0.25) is 0 Å². The van der Waals surface area contributed by atoms with E-state index in [4.69, 9.17) is 5.41 Å². The summed E-state index contributed by atoms with van der Waals surface area (Å²) in [5.41, 5.74) is -0.945. The first-order valence-corrected chi connectivity index (χ1v) is 4.53. The molecule has 3 nitrogen and oxygen atoms in total. The van der Waals surface area contributed by atoms with Gasteiger partial charge in [-0.05, 0) is 24.8 Å². The Labute approximate surface area is 85.3 Å². The molecule has 0 aromatic rings. The lowest BCUT2D eigenvalue weighted by atomic mass is 9.63. The van der Waals surface area contributed by atoms with Gasteiger partial charge in [0.25, 0.3) is 0 Å². The molecule has 0 rings (SSSR count). The van der Waals surface area contributed by atoms with Gasteiger partial charge in [0.15, 0.2) is 0 Å². The van der Waals surface area contributed by atoms with Gasteiger partial charge in [0.05, 0.1) is 5.41 Å². The normalized spacial score (nSPS) is 15.8. The SMILES string of the molecule is C=C(C(C)=N)C(C)(C(=O)O)C(C)(C)C. The van der Waals surface area contributed by atoms with Crippen LogP contribution in [0.15, 0.2) is 12.2 Å². The van der Waals surface area contributed by atoms with Gasteiger partial charge in [-0.1, -0.05) is 27.4 Å². The highest BCUT2D eigenvalue weighted by atomic mass is 16.4. The predicted octanol–water partition coefficient (Wildman–Crippen LogP) is 2.72. The molecular weight excluding hydrogens is 178 g/mol. The maximum atomic E-state index is 11.3. The van der Waals surface area contributed by atoms with Crippen LogP contribution in [0.4, 0.5) is 0 Å². The first kappa shape index (κ1) is 12.9. The Morgan fingerprint density at radius 3 is 1.71 bits per heavy atom. The van der Waals surface area contributed by atoms with Gasteiger partial charge < -0.3 is 10.5 Å². The lowest BCUT2D eigenvalue weighted by Gasteiger charge is -2.39. The standard InChI is InChI=1S/C11H19NO2/c1-7(8(2)12)11(6,9(13)14)10(3,4)5/h12H,1H2,2-6H3,(H,13,14). The summed E-state index contributed by atoms with van der Waals surface area (Å²) in [5.74, 6) is -0.929. The van der Waals surface area contributed by atoms with Gasteiger partial charge in [-0.25, -0.2) is 0 Å². The molecule has 14 heavy (non-hydrogen) atoms. The van der Waals surface area contributed by atoms with E-state index in [0.717, 1.165) is 0 Å². The van der Waals surface area contributed by atoms with Gasteiger partial charge in [-0.15, -0.1) is 0 Å². The average molecular weight is 197 g/mol. The number of carboxylic acid groups (broad SMARTS) is 1. The number of rotatable bonds is 3. The van der Waals surface area contributed by atoms with E-state index in [1.54, 1.807) is 13.8 Å². The van der Waals surface area contributed by atoms with Gasteiger partial charge >= 0.3 is 5.97 Å². The van der Waals surface area contributed by atoms with Crippen molar-refractivity contribution in [3.8, 4) is 0 Å². The van der Waals surface area contributed by atoms with Crippen LogP contribution in [0.3, 0.4) is 0 Å². The van der Waals surface area contributed by atoms with Crippen LogP contribution < -0.4 is 0 Å². The highest BCUT2D eigenvalue weighted by Crippen LogP contribution is 2.44. The Morgan fingerprint density at radius 2 is 1.64 bits per heavy atom. The molecule has 0 aliphatic heterocycles. The minimum atomic E-state index is -1.08. The van der Waals surface area contributed by atoms with E-state index >= 15 is 0 Å². The van der Waals surface area contributed by atoms with E-state index in [1.165, 1.54) is 0 Å². The number of aliphatic carboxylic acids is 1. The number of carboxylic acids is 1. The summed E-state index contributed by atoms with van der Waals surface area (Å²) in [4.78, 5) is 11.3. The Hall–Kier alpha value is -1.12. The van der Waals surface area contributed by atoms with Gasteiger partial charge in [0.2, 0.25) is 0 Å². The summed E-state index contributed by atoms with van der Waals surface area (Å²) in [6.07, 6.45) is 0. The van der Waals surface area contributed by atoms with Gasteiger partial charge in [0, 0.05) is 5.71 Å². The smallest absolute Gasteiger partial charge is 0.314 e. The summed E-state index contributed by atoms with van der Waals surface area (Å²) < 4.78 is 0. The molecular formula is C11H19NO2. The van der Waals surface area contributed by atoms with Crippen molar-refractivity contribution in [1.29, 1.82) is 5.41 Å². The summed E-state index contributed by atoms with van der Waals surface area (Å²) in [7, 11) is 0. The van der Waals surface area contributed by atoms with Crippen molar-refractivity contribution in [2.45, 2.75) is 34.6 Å². The molecule has 0 fully saturated rings. The minimum Gasteiger partial charge on any atom is -0.481 e. The molecule has 80 valence electrons. The van der Waals surface area contributed by atoms with E-state index in [1.807, 2.05) is 20.8 Å².